The fraction of sp³-hybridized carbons (Fsp3) is 0.188. The smallest absolute Gasteiger partial charge is 0.161 e. The SMILES string of the molecule is COc1ccc(COc2ccc(F)cc2C=O)cc1OC. The van der Waals surface area contributed by atoms with Crippen molar-refractivity contribution in [2.45, 2.75) is 6.61 Å². The standard InChI is InChI=1S/C16H15FO4/c1-19-15-5-3-11(7-16(15)20-2)10-21-14-6-4-13(17)8-12(14)9-18/h3-9H,10H2,1-2H3. The summed E-state index contributed by atoms with van der Waals surface area (Å²) in [5, 5.41) is 0. The van der Waals surface area contributed by atoms with Gasteiger partial charge in [-0.1, -0.05) is 6.07 Å². The number of carbonyl (C=O) groups is 1. The molecule has 0 saturated heterocycles. The molecule has 0 amide bonds. The van der Waals surface area contributed by atoms with E-state index >= 15 is 0 Å². The van der Waals surface area contributed by atoms with Gasteiger partial charge in [0.1, 0.15) is 18.2 Å². The highest BCUT2D eigenvalue weighted by Crippen LogP contribution is 2.28. The van der Waals surface area contributed by atoms with Crippen molar-refractivity contribution in [3.63, 3.8) is 0 Å². The molecule has 0 atom stereocenters. The third-order valence-corrected chi connectivity index (χ3v) is 2.94. The average molecular weight is 290 g/mol. The van der Waals surface area contributed by atoms with E-state index in [1.807, 2.05) is 6.07 Å². The summed E-state index contributed by atoms with van der Waals surface area (Å²) in [5.41, 5.74) is 1.02. The van der Waals surface area contributed by atoms with Crippen LogP contribution < -0.4 is 14.2 Å². The minimum atomic E-state index is -0.476. The van der Waals surface area contributed by atoms with Crippen LogP contribution in [0.25, 0.3) is 0 Å². The Morgan fingerprint density at radius 3 is 2.38 bits per heavy atom. The topological polar surface area (TPSA) is 44.8 Å². The number of hydrogen-bond acceptors (Lipinski definition) is 4. The molecule has 5 heteroatoms. The van der Waals surface area contributed by atoms with Crippen molar-refractivity contribution in [2.75, 3.05) is 14.2 Å². The van der Waals surface area contributed by atoms with Gasteiger partial charge in [-0.2, -0.15) is 0 Å². The molecular formula is C16H15FO4. The normalized spacial score (nSPS) is 10.0. The summed E-state index contributed by atoms with van der Waals surface area (Å²) < 4.78 is 28.9. The van der Waals surface area contributed by atoms with Crippen LogP contribution in [-0.4, -0.2) is 20.5 Å². The molecule has 0 N–H and O–H groups in total. The zero-order valence-electron chi connectivity index (χ0n) is 11.8. The lowest BCUT2D eigenvalue weighted by atomic mass is 10.2. The third kappa shape index (κ3) is 3.51. The van der Waals surface area contributed by atoms with Crippen molar-refractivity contribution < 1.29 is 23.4 Å². The molecule has 0 saturated carbocycles. The molecule has 0 unspecified atom stereocenters. The van der Waals surface area contributed by atoms with Crippen molar-refractivity contribution in [1.29, 1.82) is 0 Å². The first-order valence-electron chi connectivity index (χ1n) is 6.26. The summed E-state index contributed by atoms with van der Waals surface area (Å²) in [5.74, 6) is 1.07. The Morgan fingerprint density at radius 2 is 1.71 bits per heavy atom. The van der Waals surface area contributed by atoms with E-state index in [0.717, 1.165) is 11.6 Å². The van der Waals surface area contributed by atoms with Crippen molar-refractivity contribution in [3.8, 4) is 17.2 Å². The molecule has 0 aliphatic heterocycles. The fourth-order valence-corrected chi connectivity index (χ4v) is 1.87. The van der Waals surface area contributed by atoms with Gasteiger partial charge in [0.2, 0.25) is 0 Å². The van der Waals surface area contributed by atoms with Crippen molar-refractivity contribution in [2.24, 2.45) is 0 Å². The first-order chi connectivity index (χ1) is 10.2. The maximum absolute atomic E-state index is 13.0. The Morgan fingerprint density at radius 1 is 1.00 bits per heavy atom. The summed E-state index contributed by atoms with van der Waals surface area (Å²) >= 11 is 0. The molecule has 0 bridgehead atoms. The largest absolute Gasteiger partial charge is 0.493 e. The third-order valence-electron chi connectivity index (χ3n) is 2.94. The van der Waals surface area contributed by atoms with Crippen LogP contribution in [0.2, 0.25) is 0 Å². The number of benzene rings is 2. The van der Waals surface area contributed by atoms with Gasteiger partial charge in [-0.05, 0) is 35.9 Å². The summed E-state index contributed by atoms with van der Waals surface area (Å²) in [6.45, 7) is 0.229. The molecule has 0 spiro atoms. The maximum atomic E-state index is 13.0. The quantitative estimate of drug-likeness (QED) is 0.766. The Hall–Kier alpha value is -2.56. The van der Waals surface area contributed by atoms with E-state index < -0.39 is 5.82 Å². The predicted octanol–water partition coefficient (Wildman–Crippen LogP) is 3.23. The van der Waals surface area contributed by atoms with E-state index in [0.29, 0.717) is 23.5 Å². The molecule has 0 radical (unpaired) electrons. The Kier molecular flexibility index (Phi) is 4.77. The zero-order valence-corrected chi connectivity index (χ0v) is 11.8. The van der Waals surface area contributed by atoms with E-state index in [1.54, 1.807) is 26.4 Å². The molecule has 0 fully saturated rings. The second-order valence-electron chi connectivity index (χ2n) is 4.28. The van der Waals surface area contributed by atoms with E-state index in [1.165, 1.54) is 12.1 Å². The monoisotopic (exact) mass is 290 g/mol. The number of halogens is 1. The van der Waals surface area contributed by atoms with E-state index in [4.69, 9.17) is 14.2 Å². The predicted molar refractivity (Wildman–Crippen MR) is 75.7 cm³/mol. The number of hydrogen-bond donors (Lipinski definition) is 0. The Labute approximate surface area is 122 Å². The lowest BCUT2D eigenvalue weighted by Gasteiger charge is -2.11. The van der Waals surface area contributed by atoms with Crippen LogP contribution in [0.1, 0.15) is 15.9 Å². The molecule has 0 aromatic heterocycles. The van der Waals surface area contributed by atoms with E-state index in [2.05, 4.69) is 0 Å². The van der Waals surface area contributed by atoms with Crippen molar-refractivity contribution in [1.82, 2.24) is 0 Å². The highest BCUT2D eigenvalue weighted by atomic mass is 19.1. The molecule has 2 rings (SSSR count). The number of ether oxygens (including phenoxy) is 3. The van der Waals surface area contributed by atoms with Crippen LogP contribution in [0, 0.1) is 5.82 Å². The van der Waals surface area contributed by atoms with Crippen LogP contribution in [0.15, 0.2) is 36.4 Å². The molecule has 2 aromatic carbocycles. The minimum absolute atomic E-state index is 0.176. The lowest BCUT2D eigenvalue weighted by molar-refractivity contribution is 0.111. The summed E-state index contributed by atoms with van der Waals surface area (Å²) in [6.07, 6.45) is 0.563. The zero-order chi connectivity index (χ0) is 15.2. The molecule has 0 aliphatic rings. The molecule has 0 aliphatic carbocycles. The van der Waals surface area contributed by atoms with E-state index in [-0.39, 0.29) is 12.2 Å². The minimum Gasteiger partial charge on any atom is -0.493 e. The van der Waals surface area contributed by atoms with Crippen molar-refractivity contribution in [3.05, 3.63) is 53.3 Å². The maximum Gasteiger partial charge on any atom is 0.161 e. The van der Waals surface area contributed by atoms with Gasteiger partial charge >= 0.3 is 0 Å². The van der Waals surface area contributed by atoms with Gasteiger partial charge in [-0.3, -0.25) is 4.79 Å². The summed E-state index contributed by atoms with van der Waals surface area (Å²) in [6, 6.07) is 9.19. The lowest BCUT2D eigenvalue weighted by Crippen LogP contribution is -2.00. The molecular weight excluding hydrogens is 275 g/mol. The van der Waals surface area contributed by atoms with Crippen LogP contribution in [-0.2, 0) is 6.61 Å². The van der Waals surface area contributed by atoms with Gasteiger partial charge in [0, 0.05) is 0 Å². The van der Waals surface area contributed by atoms with Gasteiger partial charge < -0.3 is 14.2 Å². The first-order valence-corrected chi connectivity index (χ1v) is 6.26. The summed E-state index contributed by atoms with van der Waals surface area (Å²) in [7, 11) is 3.11. The molecule has 4 nitrogen and oxygen atoms in total. The molecule has 0 heterocycles. The van der Waals surface area contributed by atoms with Crippen LogP contribution in [0.3, 0.4) is 0 Å². The van der Waals surface area contributed by atoms with Gasteiger partial charge in [0.15, 0.2) is 17.8 Å². The van der Waals surface area contributed by atoms with E-state index in [9.17, 15) is 9.18 Å². The van der Waals surface area contributed by atoms with Gasteiger partial charge in [0.05, 0.1) is 19.8 Å². The Balaban J connectivity index is 2.15. The summed E-state index contributed by atoms with van der Waals surface area (Å²) in [4.78, 5) is 10.9. The highest BCUT2D eigenvalue weighted by Gasteiger charge is 2.07. The fourth-order valence-electron chi connectivity index (χ4n) is 1.87. The number of carbonyl (C=O) groups excluding carboxylic acids is 1. The van der Waals surface area contributed by atoms with Gasteiger partial charge in [0.25, 0.3) is 0 Å². The molecule has 21 heavy (non-hydrogen) atoms. The second-order valence-corrected chi connectivity index (χ2v) is 4.28. The number of rotatable bonds is 6. The van der Waals surface area contributed by atoms with Crippen LogP contribution >= 0.6 is 0 Å². The Bertz CT molecular complexity index is 640. The molecule has 2 aromatic rings. The number of aldehydes is 1. The van der Waals surface area contributed by atoms with Crippen molar-refractivity contribution >= 4 is 6.29 Å². The highest BCUT2D eigenvalue weighted by molar-refractivity contribution is 5.79. The number of methoxy groups -OCH3 is 2. The molecule has 110 valence electrons. The first kappa shape index (κ1) is 14.8. The van der Waals surface area contributed by atoms with Gasteiger partial charge in [-0.25, -0.2) is 4.39 Å². The average Bonchev–Trinajstić information content (AvgIpc) is 2.53. The van der Waals surface area contributed by atoms with Crippen LogP contribution in [0.5, 0.6) is 17.2 Å². The second kappa shape index (κ2) is 6.74. The van der Waals surface area contributed by atoms with Gasteiger partial charge in [-0.15, -0.1) is 0 Å². The van der Waals surface area contributed by atoms with Crippen LogP contribution in [0.4, 0.5) is 4.39 Å².